The Morgan fingerprint density at radius 2 is 2.00 bits per heavy atom. The topological polar surface area (TPSA) is 81.5 Å². The molecule has 1 aliphatic rings. The van der Waals surface area contributed by atoms with Crippen molar-refractivity contribution in [2.24, 2.45) is 5.92 Å². The van der Waals surface area contributed by atoms with Crippen LogP contribution in [0.4, 0.5) is 0 Å². The maximum absolute atomic E-state index is 11.3. The van der Waals surface area contributed by atoms with Crippen LogP contribution in [0.2, 0.25) is 0 Å². The molecule has 2 heterocycles. The van der Waals surface area contributed by atoms with E-state index in [-0.39, 0.29) is 0 Å². The number of nitrogens with one attached hydrogen (secondary N) is 2. The summed E-state index contributed by atoms with van der Waals surface area (Å²) in [6, 6.07) is 15.9. The summed E-state index contributed by atoms with van der Waals surface area (Å²) in [5, 5.41) is 13.6. The van der Waals surface area contributed by atoms with E-state index < -0.39 is 11.9 Å². The molecule has 30 heavy (non-hydrogen) atoms. The van der Waals surface area contributed by atoms with Gasteiger partial charge < -0.3 is 14.8 Å². The number of aromatic amines is 1. The highest BCUT2D eigenvalue weighted by molar-refractivity contribution is 7.80. The summed E-state index contributed by atoms with van der Waals surface area (Å²) in [6.45, 7) is 3.13. The van der Waals surface area contributed by atoms with Crippen LogP contribution in [-0.4, -0.2) is 46.2 Å². The zero-order valence-corrected chi connectivity index (χ0v) is 17.7. The van der Waals surface area contributed by atoms with Crippen LogP contribution in [0.5, 0.6) is 0 Å². The van der Waals surface area contributed by atoms with E-state index in [2.05, 4.69) is 45.5 Å². The molecule has 1 aliphatic heterocycles. The molecule has 1 aromatic heterocycles. The minimum Gasteiger partial charge on any atom is -0.408 e. The number of aliphatic hydroxyl groups is 1. The number of likely N-dealkylation sites (tertiary alicyclic amines) is 1. The first kappa shape index (κ1) is 20.8. The Kier molecular flexibility index (Phi) is 6.62. The van der Waals surface area contributed by atoms with Crippen molar-refractivity contribution in [3.63, 3.8) is 0 Å². The van der Waals surface area contributed by atoms with E-state index in [1.165, 1.54) is 18.4 Å². The van der Waals surface area contributed by atoms with Crippen LogP contribution >= 0.6 is 12.2 Å². The van der Waals surface area contributed by atoms with Gasteiger partial charge in [0.15, 0.2) is 5.58 Å². The predicted molar refractivity (Wildman–Crippen MR) is 122 cm³/mol. The first-order valence-electron chi connectivity index (χ1n) is 10.4. The summed E-state index contributed by atoms with van der Waals surface area (Å²) in [7, 11) is 0. The van der Waals surface area contributed by atoms with Crippen molar-refractivity contribution >= 4 is 28.3 Å². The second-order valence-corrected chi connectivity index (χ2v) is 8.49. The fourth-order valence-corrected chi connectivity index (χ4v) is 4.32. The number of fused-ring (bicyclic) bond motifs is 1. The molecule has 1 fully saturated rings. The molecule has 2 aromatic carbocycles. The van der Waals surface area contributed by atoms with Gasteiger partial charge in [0.05, 0.1) is 16.6 Å². The van der Waals surface area contributed by atoms with Gasteiger partial charge in [-0.2, -0.15) is 0 Å². The number of rotatable bonds is 7. The fourth-order valence-electron chi connectivity index (χ4n) is 4.05. The van der Waals surface area contributed by atoms with Gasteiger partial charge in [0.25, 0.3) is 0 Å². The third-order valence-corrected chi connectivity index (χ3v) is 6.04. The summed E-state index contributed by atoms with van der Waals surface area (Å²) >= 11 is 5.49. The predicted octanol–water partition coefficient (Wildman–Crippen LogP) is 3.03. The number of aliphatic hydroxyl groups excluding tert-OH is 1. The highest BCUT2D eigenvalue weighted by atomic mass is 32.1. The smallest absolute Gasteiger partial charge is 0.408 e. The van der Waals surface area contributed by atoms with Crippen molar-refractivity contribution in [1.29, 1.82) is 0 Å². The molecule has 4 rings (SSSR count). The van der Waals surface area contributed by atoms with Crippen LogP contribution in [0.15, 0.2) is 57.7 Å². The minimum atomic E-state index is -0.732. The van der Waals surface area contributed by atoms with E-state index in [9.17, 15) is 9.90 Å². The van der Waals surface area contributed by atoms with Crippen molar-refractivity contribution in [1.82, 2.24) is 15.2 Å². The highest BCUT2D eigenvalue weighted by Gasteiger charge is 2.20. The lowest BCUT2D eigenvalue weighted by atomic mass is 9.90. The summed E-state index contributed by atoms with van der Waals surface area (Å²) < 4.78 is 5.06. The number of hydrogen-bond acceptors (Lipinski definition) is 5. The summed E-state index contributed by atoms with van der Waals surface area (Å²) in [6.07, 6.45) is 2.78. The van der Waals surface area contributed by atoms with Crippen LogP contribution in [0.25, 0.3) is 11.1 Å². The molecular formula is C23H27N3O3S. The standard InChI is InChI=1S/C23H27N3O3S/c27-20(18-6-7-19-21(13-18)29-23(28)25-19)14-24-22(30)15-26-10-8-17(9-11-26)12-16-4-2-1-3-5-16/h1-7,13,17,20,27H,8-12,14-15H2,(H,24,30)(H,25,28). The van der Waals surface area contributed by atoms with E-state index in [1.54, 1.807) is 18.2 Å². The molecule has 1 saturated heterocycles. The van der Waals surface area contributed by atoms with Gasteiger partial charge in [0.2, 0.25) is 0 Å². The SMILES string of the molecule is O=c1[nH]c2ccc(C(O)CNC(=S)CN3CCC(Cc4ccccc4)CC3)cc2o1. The molecule has 0 spiro atoms. The van der Waals surface area contributed by atoms with Crippen molar-refractivity contribution in [2.45, 2.75) is 25.4 Å². The normalized spacial score (nSPS) is 16.6. The molecule has 0 bridgehead atoms. The molecule has 1 unspecified atom stereocenters. The first-order valence-corrected chi connectivity index (χ1v) is 10.8. The zero-order chi connectivity index (χ0) is 20.9. The Bertz CT molecular complexity index is 1040. The number of nitrogens with zero attached hydrogens (tertiary/aromatic N) is 1. The average molecular weight is 426 g/mol. The van der Waals surface area contributed by atoms with Gasteiger partial charge in [-0.3, -0.25) is 9.88 Å². The van der Waals surface area contributed by atoms with Crippen molar-refractivity contribution in [3.8, 4) is 0 Å². The maximum atomic E-state index is 11.3. The molecule has 0 amide bonds. The lowest BCUT2D eigenvalue weighted by Crippen LogP contribution is -2.41. The number of piperidine rings is 1. The van der Waals surface area contributed by atoms with Crippen molar-refractivity contribution < 1.29 is 9.52 Å². The summed E-state index contributed by atoms with van der Waals surface area (Å²) in [5.74, 6) is 0.235. The number of oxazole rings is 1. The summed E-state index contributed by atoms with van der Waals surface area (Å²) in [4.78, 5) is 17.0. The molecule has 1 atom stereocenters. The second kappa shape index (κ2) is 9.55. The van der Waals surface area contributed by atoms with E-state index in [1.807, 2.05) is 0 Å². The monoisotopic (exact) mass is 425 g/mol. The third-order valence-electron chi connectivity index (χ3n) is 5.76. The Morgan fingerprint density at radius 1 is 1.23 bits per heavy atom. The van der Waals surface area contributed by atoms with Crippen LogP contribution in [0, 0.1) is 5.92 Å². The molecule has 0 saturated carbocycles. The Morgan fingerprint density at radius 3 is 2.77 bits per heavy atom. The fraction of sp³-hybridized carbons (Fsp3) is 0.391. The van der Waals surface area contributed by atoms with Crippen molar-refractivity contribution in [3.05, 3.63) is 70.2 Å². The minimum absolute atomic E-state index is 0.323. The van der Waals surface area contributed by atoms with Crippen molar-refractivity contribution in [2.75, 3.05) is 26.2 Å². The molecule has 0 aliphatic carbocycles. The molecule has 7 heteroatoms. The van der Waals surface area contributed by atoms with Crippen LogP contribution in [0.3, 0.4) is 0 Å². The Hall–Kier alpha value is -2.48. The van der Waals surface area contributed by atoms with E-state index in [4.69, 9.17) is 16.6 Å². The Balaban J connectivity index is 1.20. The lowest BCUT2D eigenvalue weighted by molar-refractivity contribution is 0.179. The second-order valence-electron chi connectivity index (χ2n) is 8.00. The number of benzene rings is 2. The van der Waals surface area contributed by atoms with E-state index >= 15 is 0 Å². The molecule has 0 radical (unpaired) electrons. The van der Waals surface area contributed by atoms with Gasteiger partial charge in [0, 0.05) is 13.1 Å². The molecular weight excluding hydrogens is 398 g/mol. The van der Waals surface area contributed by atoms with Crippen LogP contribution in [0.1, 0.15) is 30.1 Å². The van der Waals surface area contributed by atoms with Gasteiger partial charge in [-0.25, -0.2) is 4.79 Å². The zero-order valence-electron chi connectivity index (χ0n) is 16.8. The number of hydrogen-bond donors (Lipinski definition) is 3. The van der Waals surface area contributed by atoms with Crippen LogP contribution < -0.4 is 11.1 Å². The van der Waals surface area contributed by atoms with E-state index in [0.717, 1.165) is 30.4 Å². The molecule has 6 nitrogen and oxygen atoms in total. The lowest BCUT2D eigenvalue weighted by Gasteiger charge is -2.32. The summed E-state index contributed by atoms with van der Waals surface area (Å²) in [5.41, 5.74) is 3.16. The number of H-pyrrole nitrogens is 1. The van der Waals surface area contributed by atoms with Gasteiger partial charge in [-0.05, 0) is 61.5 Å². The molecule has 3 N–H and O–H groups in total. The third kappa shape index (κ3) is 5.36. The quantitative estimate of drug-likeness (QED) is 0.505. The number of aromatic nitrogens is 1. The van der Waals surface area contributed by atoms with Crippen LogP contribution in [-0.2, 0) is 6.42 Å². The van der Waals surface area contributed by atoms with Gasteiger partial charge >= 0.3 is 5.76 Å². The number of thiocarbonyl (C=S) groups is 1. The average Bonchev–Trinajstić information content (AvgIpc) is 3.13. The van der Waals surface area contributed by atoms with Gasteiger partial charge in [0.1, 0.15) is 0 Å². The molecule has 158 valence electrons. The first-order chi connectivity index (χ1) is 14.6. The largest absolute Gasteiger partial charge is 0.417 e. The Labute approximate surface area is 180 Å². The van der Waals surface area contributed by atoms with Gasteiger partial charge in [-0.15, -0.1) is 0 Å². The van der Waals surface area contributed by atoms with Gasteiger partial charge in [-0.1, -0.05) is 48.6 Å². The molecule has 3 aromatic rings. The highest BCUT2D eigenvalue weighted by Crippen LogP contribution is 2.22. The maximum Gasteiger partial charge on any atom is 0.417 e. The van der Waals surface area contributed by atoms with E-state index in [0.29, 0.717) is 29.8 Å².